The van der Waals surface area contributed by atoms with Gasteiger partial charge in [0.25, 0.3) is 0 Å². The number of hydrazone groups is 1. The zero-order valence-corrected chi connectivity index (χ0v) is 21.4. The molecular weight excluding hydrogens is 458 g/mol. The fraction of sp³-hybridized carbons (Fsp3) is 0.444. The van der Waals surface area contributed by atoms with E-state index in [0.29, 0.717) is 12.2 Å². The highest BCUT2D eigenvalue weighted by atomic mass is 16.4. The number of rotatable bonds is 5. The van der Waals surface area contributed by atoms with Gasteiger partial charge in [-0.15, -0.1) is 0 Å². The van der Waals surface area contributed by atoms with Crippen LogP contribution in [0, 0.1) is 20.8 Å². The Hall–Kier alpha value is -3.43. The zero-order chi connectivity index (χ0) is 25.4. The summed E-state index contributed by atoms with van der Waals surface area (Å²) in [5, 5.41) is 7.37. The Morgan fingerprint density at radius 1 is 1.08 bits per heavy atom. The molecule has 1 fully saturated rings. The Morgan fingerprint density at radius 2 is 1.86 bits per heavy atom. The molecule has 1 aliphatic heterocycles. The molecule has 0 saturated carbocycles. The van der Waals surface area contributed by atoms with Crippen LogP contribution in [0.15, 0.2) is 32.3 Å². The fourth-order valence-corrected chi connectivity index (χ4v) is 5.21. The van der Waals surface area contributed by atoms with Crippen molar-refractivity contribution in [3.8, 4) is 0 Å². The predicted molar refractivity (Wildman–Crippen MR) is 137 cm³/mol. The van der Waals surface area contributed by atoms with Gasteiger partial charge in [0.1, 0.15) is 11.3 Å². The summed E-state index contributed by atoms with van der Waals surface area (Å²) in [5.74, 6) is 0.608. The van der Waals surface area contributed by atoms with Gasteiger partial charge in [0, 0.05) is 54.7 Å². The third-order valence-corrected chi connectivity index (χ3v) is 7.05. The van der Waals surface area contributed by atoms with E-state index in [4.69, 9.17) is 8.83 Å². The third kappa shape index (κ3) is 4.81. The van der Waals surface area contributed by atoms with Crippen LogP contribution < -0.4 is 10.9 Å². The molecule has 2 N–H and O–H groups in total. The molecule has 1 aliphatic carbocycles. The van der Waals surface area contributed by atoms with Crippen molar-refractivity contribution in [2.24, 2.45) is 5.10 Å². The highest BCUT2D eigenvalue weighted by molar-refractivity contribution is 6.06. The summed E-state index contributed by atoms with van der Waals surface area (Å²) in [6, 6.07) is 4.06. The number of amides is 2. The monoisotopic (exact) mass is 491 g/mol. The summed E-state index contributed by atoms with van der Waals surface area (Å²) in [6.07, 6.45) is 4.11. The first-order valence-corrected chi connectivity index (χ1v) is 12.5. The number of piperazine rings is 1. The molecule has 190 valence electrons. The summed E-state index contributed by atoms with van der Waals surface area (Å²) in [4.78, 5) is 28.0. The second kappa shape index (κ2) is 9.91. The number of nitrogens with one attached hydrogen (secondary N) is 2. The van der Waals surface area contributed by atoms with E-state index in [1.54, 1.807) is 6.26 Å². The van der Waals surface area contributed by atoms with Gasteiger partial charge in [-0.1, -0.05) is 6.07 Å². The first-order chi connectivity index (χ1) is 17.3. The van der Waals surface area contributed by atoms with Crippen molar-refractivity contribution in [3.63, 3.8) is 0 Å². The second-order valence-electron chi connectivity index (χ2n) is 9.93. The number of likely N-dealkylation sites (N-methyl/N-ethyl adjacent to an activating group) is 1. The van der Waals surface area contributed by atoms with E-state index in [1.807, 2.05) is 31.8 Å². The number of hydrogen-bond donors (Lipinski definition) is 2. The lowest BCUT2D eigenvalue weighted by Gasteiger charge is -2.32. The summed E-state index contributed by atoms with van der Waals surface area (Å²) >= 11 is 0. The number of carbonyl (C=O) groups excluding carboxylic acids is 2. The lowest BCUT2D eigenvalue weighted by Crippen LogP contribution is -2.52. The lowest BCUT2D eigenvalue weighted by molar-refractivity contribution is -0.120. The lowest BCUT2D eigenvalue weighted by atomic mass is 9.93. The van der Waals surface area contributed by atoms with Gasteiger partial charge in [-0.25, -0.2) is 10.4 Å². The van der Waals surface area contributed by atoms with Crippen molar-refractivity contribution in [2.45, 2.75) is 46.5 Å². The molecule has 0 spiro atoms. The molecule has 36 heavy (non-hydrogen) atoms. The zero-order valence-electron chi connectivity index (χ0n) is 21.4. The molecule has 0 atom stereocenters. The van der Waals surface area contributed by atoms with Gasteiger partial charge >= 0.3 is 5.91 Å². The maximum absolute atomic E-state index is 13.0. The van der Waals surface area contributed by atoms with Gasteiger partial charge in [-0.3, -0.25) is 15.0 Å². The number of hydrazine groups is 1. The first-order valence-electron chi connectivity index (χ1n) is 12.5. The first kappa shape index (κ1) is 24.3. The van der Waals surface area contributed by atoms with Gasteiger partial charge < -0.3 is 13.7 Å². The van der Waals surface area contributed by atoms with Crippen LogP contribution in [0.25, 0.3) is 11.0 Å². The molecule has 1 saturated heterocycles. The Balaban J connectivity index is 1.30. The van der Waals surface area contributed by atoms with E-state index in [-0.39, 0.29) is 18.2 Å². The molecule has 2 amide bonds. The quantitative estimate of drug-likeness (QED) is 0.531. The van der Waals surface area contributed by atoms with E-state index in [9.17, 15) is 9.59 Å². The number of aryl methyl sites for hydroxylation is 3. The van der Waals surface area contributed by atoms with Crippen LogP contribution >= 0.6 is 0 Å². The van der Waals surface area contributed by atoms with E-state index < -0.39 is 0 Å². The second-order valence-corrected chi connectivity index (χ2v) is 9.93. The predicted octanol–water partition coefficient (Wildman–Crippen LogP) is 3.24. The number of furan rings is 2. The van der Waals surface area contributed by atoms with Gasteiger partial charge in [-0.2, -0.15) is 5.10 Å². The van der Waals surface area contributed by atoms with E-state index in [2.05, 4.69) is 34.0 Å². The Kier molecular flexibility index (Phi) is 6.68. The van der Waals surface area contributed by atoms with Crippen LogP contribution in [-0.4, -0.2) is 60.7 Å². The van der Waals surface area contributed by atoms with Gasteiger partial charge in [0.05, 0.1) is 18.4 Å². The normalized spacial score (nSPS) is 17.9. The molecule has 9 nitrogen and oxygen atoms in total. The molecule has 2 aliphatic rings. The topological polar surface area (TPSA) is 103 Å². The largest absolute Gasteiger partial charge is 0.464 e. The van der Waals surface area contributed by atoms with Crippen LogP contribution in [0.3, 0.4) is 0 Å². The molecular formula is C27H33N5O4. The molecule has 0 unspecified atom stereocenters. The number of carbonyl (C=O) groups is 2. The maximum Gasteiger partial charge on any atom is 0.301 e. The Bertz CT molecular complexity index is 1340. The molecule has 1 aromatic carbocycles. The number of fused-ring (bicyclic) bond motifs is 2. The minimum absolute atomic E-state index is 0.170. The molecule has 0 bridgehead atoms. The number of benzene rings is 1. The standard InChI is InChI=1S/C27H33N5O4/c1-16-12-17(2)24-19(15-35-22(24)13-16)14-23(33)29-28-20-6-5-7-21-25(20)18(3)26(36-21)27(34)30-32-10-8-31(4)9-11-32/h12-13,15H,5-11,14H2,1-4H3,(H,29,33)(H,30,34)/b28-20+. The summed E-state index contributed by atoms with van der Waals surface area (Å²) in [6.45, 7) is 9.27. The number of hydrogen-bond acceptors (Lipinski definition) is 7. The fourth-order valence-electron chi connectivity index (χ4n) is 5.21. The van der Waals surface area contributed by atoms with Crippen molar-refractivity contribution in [2.75, 3.05) is 33.2 Å². The van der Waals surface area contributed by atoms with Crippen molar-refractivity contribution in [1.29, 1.82) is 0 Å². The minimum Gasteiger partial charge on any atom is -0.464 e. The summed E-state index contributed by atoms with van der Waals surface area (Å²) in [7, 11) is 2.07. The molecule has 9 heteroatoms. The molecule has 3 heterocycles. The minimum atomic E-state index is -0.243. The highest BCUT2D eigenvalue weighted by Gasteiger charge is 2.29. The molecule has 2 aromatic heterocycles. The van der Waals surface area contributed by atoms with Gasteiger partial charge in [0.2, 0.25) is 5.91 Å². The number of nitrogens with zero attached hydrogens (tertiary/aromatic N) is 3. The van der Waals surface area contributed by atoms with Crippen LogP contribution in [0.1, 0.15) is 57.0 Å². The van der Waals surface area contributed by atoms with Crippen molar-refractivity contribution >= 4 is 28.5 Å². The SMILES string of the molecule is Cc1cc(C)c2c(CC(=O)N/N=C3\CCCc4oc(C(=O)NN5CCN(C)CC5)c(C)c43)coc2c1. The summed E-state index contributed by atoms with van der Waals surface area (Å²) in [5.41, 5.74) is 11.9. The van der Waals surface area contributed by atoms with Gasteiger partial charge in [-0.05, 0) is 57.9 Å². The molecule has 5 rings (SSSR count). The highest BCUT2D eigenvalue weighted by Crippen LogP contribution is 2.30. The molecule has 0 radical (unpaired) electrons. The average molecular weight is 492 g/mol. The average Bonchev–Trinajstić information content (AvgIpc) is 3.40. The van der Waals surface area contributed by atoms with E-state index in [0.717, 1.165) is 89.3 Å². The van der Waals surface area contributed by atoms with Crippen LogP contribution in [-0.2, 0) is 17.6 Å². The van der Waals surface area contributed by atoms with Crippen LogP contribution in [0.4, 0.5) is 0 Å². The third-order valence-electron chi connectivity index (χ3n) is 7.05. The van der Waals surface area contributed by atoms with E-state index in [1.165, 1.54) is 0 Å². The van der Waals surface area contributed by atoms with Crippen molar-refractivity contribution in [3.05, 3.63) is 57.7 Å². The Morgan fingerprint density at radius 3 is 2.64 bits per heavy atom. The van der Waals surface area contributed by atoms with Crippen molar-refractivity contribution in [1.82, 2.24) is 20.8 Å². The van der Waals surface area contributed by atoms with Crippen LogP contribution in [0.2, 0.25) is 0 Å². The Labute approximate surface area is 210 Å². The molecule has 3 aromatic rings. The summed E-state index contributed by atoms with van der Waals surface area (Å²) < 4.78 is 11.7. The maximum atomic E-state index is 13.0. The van der Waals surface area contributed by atoms with Gasteiger partial charge in [0.15, 0.2) is 5.76 Å². The van der Waals surface area contributed by atoms with Crippen molar-refractivity contribution < 1.29 is 18.4 Å². The van der Waals surface area contributed by atoms with Crippen LogP contribution in [0.5, 0.6) is 0 Å². The smallest absolute Gasteiger partial charge is 0.301 e. The van der Waals surface area contributed by atoms with E-state index >= 15 is 0 Å².